The van der Waals surface area contributed by atoms with Gasteiger partial charge in [0.1, 0.15) is 0 Å². The number of hydrogen-bond donors (Lipinski definition) is 1. The Balaban J connectivity index is 1.69. The summed E-state index contributed by atoms with van der Waals surface area (Å²) in [6.07, 6.45) is 5.12. The Kier molecular flexibility index (Phi) is 3.27. The van der Waals surface area contributed by atoms with Crippen LogP contribution in [-0.2, 0) is 14.6 Å². The Morgan fingerprint density at radius 2 is 1.84 bits per heavy atom. The van der Waals surface area contributed by atoms with Gasteiger partial charge in [-0.25, -0.2) is 8.42 Å². The second-order valence-electron chi connectivity index (χ2n) is 5.51. The zero-order valence-corrected chi connectivity index (χ0v) is 11.8. The maximum Gasteiger partial charge on any atom is 0.175 e. The zero-order chi connectivity index (χ0) is 13.5. The molecule has 1 saturated heterocycles. The van der Waals surface area contributed by atoms with Gasteiger partial charge in [-0.3, -0.25) is 0 Å². The summed E-state index contributed by atoms with van der Waals surface area (Å²) >= 11 is 0. The van der Waals surface area contributed by atoms with Gasteiger partial charge < -0.3 is 10.1 Å². The number of benzene rings is 1. The number of rotatable bonds is 4. The molecule has 5 heteroatoms. The number of anilines is 1. The van der Waals surface area contributed by atoms with Crippen LogP contribution in [0.1, 0.15) is 19.3 Å². The number of nitrogens with one attached hydrogen (secondary N) is 1. The molecule has 2 aliphatic rings. The Bertz CT molecular complexity index is 549. The van der Waals surface area contributed by atoms with E-state index in [2.05, 4.69) is 5.32 Å². The number of hydrogen-bond acceptors (Lipinski definition) is 4. The predicted octanol–water partition coefficient (Wildman–Crippen LogP) is 2.07. The van der Waals surface area contributed by atoms with Crippen LogP contribution in [0, 0.1) is 5.92 Å². The van der Waals surface area contributed by atoms with Gasteiger partial charge in [0.05, 0.1) is 17.0 Å². The minimum atomic E-state index is -3.11. The molecule has 2 atom stereocenters. The van der Waals surface area contributed by atoms with Crippen molar-refractivity contribution in [3.8, 4) is 0 Å². The maximum atomic E-state index is 11.4. The van der Waals surface area contributed by atoms with Crippen molar-refractivity contribution < 1.29 is 13.2 Å². The first kappa shape index (κ1) is 12.9. The normalized spacial score (nSPS) is 27.4. The summed E-state index contributed by atoms with van der Waals surface area (Å²) in [5.74, 6) is 0.718. The molecule has 1 N–H and O–H groups in total. The molecule has 0 aromatic heterocycles. The SMILES string of the molecule is CS(=O)(=O)c1ccc(NC2CCOC2C2CC2)cc1. The van der Waals surface area contributed by atoms with Gasteiger partial charge in [-0.1, -0.05) is 0 Å². The Labute approximate surface area is 114 Å². The lowest BCUT2D eigenvalue weighted by molar-refractivity contribution is 0.0898. The molecule has 1 aromatic carbocycles. The Morgan fingerprint density at radius 1 is 1.16 bits per heavy atom. The highest BCUT2D eigenvalue weighted by molar-refractivity contribution is 7.90. The van der Waals surface area contributed by atoms with E-state index in [4.69, 9.17) is 4.74 Å². The molecular weight excluding hydrogens is 262 g/mol. The largest absolute Gasteiger partial charge is 0.380 e. The molecule has 1 heterocycles. The molecule has 0 radical (unpaired) electrons. The van der Waals surface area contributed by atoms with Crippen LogP contribution in [0.25, 0.3) is 0 Å². The van der Waals surface area contributed by atoms with Crippen molar-refractivity contribution in [3.63, 3.8) is 0 Å². The maximum absolute atomic E-state index is 11.4. The predicted molar refractivity (Wildman–Crippen MR) is 74.0 cm³/mol. The van der Waals surface area contributed by atoms with Gasteiger partial charge >= 0.3 is 0 Å². The Morgan fingerprint density at radius 3 is 2.42 bits per heavy atom. The van der Waals surface area contributed by atoms with Crippen LogP contribution in [0.3, 0.4) is 0 Å². The van der Waals surface area contributed by atoms with E-state index in [0.717, 1.165) is 24.6 Å². The lowest BCUT2D eigenvalue weighted by Gasteiger charge is -2.20. The first-order valence-corrected chi connectivity index (χ1v) is 8.61. The summed E-state index contributed by atoms with van der Waals surface area (Å²) in [6, 6.07) is 7.33. The molecule has 0 amide bonds. The van der Waals surface area contributed by atoms with E-state index in [0.29, 0.717) is 17.0 Å². The van der Waals surface area contributed by atoms with E-state index >= 15 is 0 Å². The van der Waals surface area contributed by atoms with Crippen LogP contribution in [-0.4, -0.2) is 33.4 Å². The first-order chi connectivity index (χ1) is 9.04. The van der Waals surface area contributed by atoms with E-state index in [-0.39, 0.29) is 0 Å². The van der Waals surface area contributed by atoms with Crippen molar-refractivity contribution in [2.45, 2.75) is 36.3 Å². The van der Waals surface area contributed by atoms with Gasteiger partial charge in [0.25, 0.3) is 0 Å². The fourth-order valence-electron chi connectivity index (χ4n) is 2.67. The lowest BCUT2D eigenvalue weighted by atomic mass is 10.1. The van der Waals surface area contributed by atoms with Crippen molar-refractivity contribution >= 4 is 15.5 Å². The molecule has 104 valence electrons. The summed E-state index contributed by atoms with van der Waals surface area (Å²) in [7, 11) is -3.11. The van der Waals surface area contributed by atoms with Crippen molar-refractivity contribution in [2.24, 2.45) is 5.92 Å². The molecular formula is C14H19NO3S. The van der Waals surface area contributed by atoms with Crippen LogP contribution in [0.5, 0.6) is 0 Å². The van der Waals surface area contributed by atoms with Crippen LogP contribution in [0.2, 0.25) is 0 Å². The van der Waals surface area contributed by atoms with Crippen molar-refractivity contribution in [2.75, 3.05) is 18.2 Å². The molecule has 2 fully saturated rings. The van der Waals surface area contributed by atoms with Crippen LogP contribution in [0.15, 0.2) is 29.2 Å². The monoisotopic (exact) mass is 281 g/mol. The fourth-order valence-corrected chi connectivity index (χ4v) is 3.30. The molecule has 1 aromatic rings. The molecule has 3 rings (SSSR count). The molecule has 2 unspecified atom stereocenters. The number of sulfone groups is 1. The molecule has 0 bridgehead atoms. The lowest BCUT2D eigenvalue weighted by Crippen LogP contribution is -2.30. The van der Waals surface area contributed by atoms with Gasteiger partial charge in [-0.05, 0) is 49.4 Å². The third-order valence-electron chi connectivity index (χ3n) is 3.86. The molecule has 1 saturated carbocycles. The zero-order valence-electron chi connectivity index (χ0n) is 11.0. The van der Waals surface area contributed by atoms with Gasteiger partial charge in [0.15, 0.2) is 9.84 Å². The van der Waals surface area contributed by atoms with E-state index in [9.17, 15) is 8.42 Å². The standard InChI is InChI=1S/C14H19NO3S/c1-19(16,17)12-6-4-11(5-7-12)15-13-8-9-18-14(13)10-2-3-10/h4-7,10,13-15H,2-3,8-9H2,1H3. The van der Waals surface area contributed by atoms with Crippen molar-refractivity contribution in [1.82, 2.24) is 0 Å². The first-order valence-electron chi connectivity index (χ1n) is 6.72. The quantitative estimate of drug-likeness (QED) is 0.918. The second-order valence-corrected chi connectivity index (χ2v) is 7.52. The molecule has 19 heavy (non-hydrogen) atoms. The summed E-state index contributed by atoms with van der Waals surface area (Å²) < 4.78 is 28.6. The fraction of sp³-hybridized carbons (Fsp3) is 0.571. The van der Waals surface area contributed by atoms with Gasteiger partial charge in [0.2, 0.25) is 0 Å². The molecule has 1 aliphatic heterocycles. The van der Waals surface area contributed by atoms with Gasteiger partial charge in [-0.2, -0.15) is 0 Å². The van der Waals surface area contributed by atoms with E-state index in [1.54, 1.807) is 12.1 Å². The van der Waals surface area contributed by atoms with E-state index < -0.39 is 9.84 Å². The van der Waals surface area contributed by atoms with Gasteiger partial charge in [-0.15, -0.1) is 0 Å². The highest BCUT2D eigenvalue weighted by atomic mass is 32.2. The van der Waals surface area contributed by atoms with Crippen LogP contribution >= 0.6 is 0 Å². The smallest absolute Gasteiger partial charge is 0.175 e. The molecule has 4 nitrogen and oxygen atoms in total. The third-order valence-corrected chi connectivity index (χ3v) is 4.99. The number of ether oxygens (including phenoxy) is 1. The summed E-state index contributed by atoms with van der Waals surface area (Å²) in [5, 5.41) is 3.47. The molecule has 1 aliphatic carbocycles. The van der Waals surface area contributed by atoms with E-state index in [1.807, 2.05) is 12.1 Å². The van der Waals surface area contributed by atoms with Crippen LogP contribution in [0.4, 0.5) is 5.69 Å². The minimum Gasteiger partial charge on any atom is -0.380 e. The van der Waals surface area contributed by atoms with E-state index in [1.165, 1.54) is 19.1 Å². The Hall–Kier alpha value is -1.07. The van der Waals surface area contributed by atoms with Crippen molar-refractivity contribution in [3.05, 3.63) is 24.3 Å². The van der Waals surface area contributed by atoms with Crippen LogP contribution < -0.4 is 5.32 Å². The average Bonchev–Trinajstić information content (AvgIpc) is 3.10. The minimum absolute atomic E-state index is 0.328. The highest BCUT2D eigenvalue weighted by Gasteiger charge is 2.40. The summed E-state index contributed by atoms with van der Waals surface area (Å²) in [6.45, 7) is 0.820. The second kappa shape index (κ2) is 4.80. The highest BCUT2D eigenvalue weighted by Crippen LogP contribution is 2.39. The van der Waals surface area contributed by atoms with Gasteiger partial charge in [0, 0.05) is 18.6 Å². The molecule has 0 spiro atoms. The summed E-state index contributed by atoms with van der Waals surface area (Å²) in [4.78, 5) is 0.361. The average molecular weight is 281 g/mol. The third kappa shape index (κ3) is 2.92. The van der Waals surface area contributed by atoms with Crippen molar-refractivity contribution in [1.29, 1.82) is 0 Å². The topological polar surface area (TPSA) is 55.4 Å². The summed E-state index contributed by atoms with van der Waals surface area (Å²) in [5.41, 5.74) is 0.966.